The Morgan fingerprint density at radius 2 is 1.65 bits per heavy atom. The van der Waals surface area contributed by atoms with Crippen LogP contribution in [0.4, 0.5) is 20.2 Å². The van der Waals surface area contributed by atoms with Crippen LogP contribution in [-0.4, -0.2) is 18.9 Å². The molecule has 0 fully saturated rings. The number of benzene rings is 3. The van der Waals surface area contributed by atoms with Gasteiger partial charge in [-0.3, -0.25) is 9.59 Å². The Balaban J connectivity index is 1.81. The van der Waals surface area contributed by atoms with Gasteiger partial charge in [0.15, 0.2) is 0 Å². The maximum atomic E-state index is 13.8. The second-order valence-corrected chi connectivity index (χ2v) is 7.06. The molecule has 1 aliphatic heterocycles. The van der Waals surface area contributed by atoms with Crippen molar-refractivity contribution in [3.63, 3.8) is 0 Å². The molecule has 0 saturated carbocycles. The molecule has 31 heavy (non-hydrogen) atoms. The first-order valence-corrected chi connectivity index (χ1v) is 9.52. The molecule has 0 atom stereocenters. The topological polar surface area (TPSA) is 58.6 Å². The van der Waals surface area contributed by atoms with Crippen molar-refractivity contribution in [2.45, 2.75) is 0 Å². The Labute approximate surface area is 181 Å². The summed E-state index contributed by atoms with van der Waals surface area (Å²) < 4.78 is 32.3. The van der Waals surface area contributed by atoms with Crippen LogP contribution in [0.5, 0.6) is 5.75 Å². The first-order valence-electron chi connectivity index (χ1n) is 9.14. The number of amides is 2. The maximum Gasteiger partial charge on any atom is 0.282 e. The molecule has 0 aromatic heterocycles. The largest absolute Gasteiger partial charge is 0.495 e. The summed E-state index contributed by atoms with van der Waals surface area (Å²) in [6, 6.07) is 15.1. The van der Waals surface area contributed by atoms with Crippen molar-refractivity contribution in [2.24, 2.45) is 0 Å². The number of anilines is 2. The highest BCUT2D eigenvalue weighted by Gasteiger charge is 2.40. The number of carbonyl (C=O) groups is 2. The van der Waals surface area contributed by atoms with E-state index in [1.54, 1.807) is 12.1 Å². The number of halogens is 3. The zero-order valence-corrected chi connectivity index (χ0v) is 16.9. The Morgan fingerprint density at radius 3 is 2.29 bits per heavy atom. The zero-order valence-electron chi connectivity index (χ0n) is 16.2. The number of hydrogen-bond donors (Lipinski definition) is 1. The van der Waals surface area contributed by atoms with E-state index >= 15 is 0 Å². The van der Waals surface area contributed by atoms with Crippen LogP contribution in [0.1, 0.15) is 5.56 Å². The summed E-state index contributed by atoms with van der Waals surface area (Å²) in [6.45, 7) is 0. The monoisotopic (exact) mass is 440 g/mol. The molecule has 2 amide bonds. The number of imide groups is 1. The summed E-state index contributed by atoms with van der Waals surface area (Å²) in [5.74, 6) is -1.98. The van der Waals surface area contributed by atoms with Crippen molar-refractivity contribution in [2.75, 3.05) is 17.3 Å². The summed E-state index contributed by atoms with van der Waals surface area (Å²) in [5, 5.41) is 3.23. The number of carbonyl (C=O) groups excluding carboxylic acids is 2. The van der Waals surface area contributed by atoms with E-state index in [1.807, 2.05) is 0 Å². The van der Waals surface area contributed by atoms with Crippen LogP contribution in [0.25, 0.3) is 5.57 Å². The van der Waals surface area contributed by atoms with Gasteiger partial charge in [-0.25, -0.2) is 13.7 Å². The van der Waals surface area contributed by atoms with Crippen LogP contribution in [0.2, 0.25) is 5.02 Å². The van der Waals surface area contributed by atoms with Crippen LogP contribution in [0.15, 0.2) is 72.4 Å². The van der Waals surface area contributed by atoms with Crippen LogP contribution in [0, 0.1) is 11.6 Å². The second kappa shape index (κ2) is 8.20. The second-order valence-electron chi connectivity index (χ2n) is 6.66. The van der Waals surface area contributed by atoms with Gasteiger partial charge in [-0.1, -0.05) is 29.8 Å². The first-order chi connectivity index (χ1) is 14.9. The fourth-order valence-corrected chi connectivity index (χ4v) is 3.53. The molecule has 1 heterocycles. The van der Waals surface area contributed by atoms with E-state index in [2.05, 4.69) is 5.32 Å². The third-order valence-electron chi connectivity index (χ3n) is 4.70. The molecule has 3 aromatic rings. The molecule has 1 N–H and O–H groups in total. The summed E-state index contributed by atoms with van der Waals surface area (Å²) in [4.78, 5) is 27.3. The highest BCUT2D eigenvalue weighted by molar-refractivity contribution is 6.46. The third kappa shape index (κ3) is 3.87. The molecule has 0 spiro atoms. The summed E-state index contributed by atoms with van der Waals surface area (Å²) in [5.41, 5.74) is 0.839. The molecule has 0 radical (unpaired) electrons. The minimum atomic E-state index is -0.679. The Morgan fingerprint density at radius 1 is 0.903 bits per heavy atom. The van der Waals surface area contributed by atoms with E-state index in [0.717, 1.165) is 11.0 Å². The third-order valence-corrected chi connectivity index (χ3v) is 5.00. The van der Waals surface area contributed by atoms with Crippen LogP contribution in [0.3, 0.4) is 0 Å². The standard InChI is InChI=1S/C23H15ClF2N2O3/c1-31-19-10-9-16(12-18(19)24)27-21-20(13-5-7-14(25)8-6-13)22(29)28(23(21)30)17-4-2-3-15(26)11-17/h2-12,27H,1H3. The lowest BCUT2D eigenvalue weighted by Crippen LogP contribution is -2.32. The minimum absolute atomic E-state index is 0.0289. The average molecular weight is 441 g/mol. The lowest BCUT2D eigenvalue weighted by atomic mass is 10.0. The molecule has 4 rings (SSSR count). The average Bonchev–Trinajstić information content (AvgIpc) is 2.98. The maximum absolute atomic E-state index is 13.8. The SMILES string of the molecule is COc1ccc(NC2=C(c3ccc(F)cc3)C(=O)N(c3cccc(F)c3)C2=O)cc1Cl. The van der Waals surface area contributed by atoms with Gasteiger partial charge >= 0.3 is 0 Å². The van der Waals surface area contributed by atoms with E-state index in [4.69, 9.17) is 16.3 Å². The smallest absolute Gasteiger partial charge is 0.282 e. The van der Waals surface area contributed by atoms with Crippen LogP contribution < -0.4 is 15.0 Å². The van der Waals surface area contributed by atoms with Crippen molar-refractivity contribution < 1.29 is 23.1 Å². The number of hydrogen-bond acceptors (Lipinski definition) is 4. The van der Waals surface area contributed by atoms with Crippen molar-refractivity contribution >= 4 is 40.4 Å². The van der Waals surface area contributed by atoms with Crippen LogP contribution >= 0.6 is 11.6 Å². The van der Waals surface area contributed by atoms with Crippen LogP contribution in [-0.2, 0) is 9.59 Å². The molecular formula is C23H15ClF2N2O3. The highest BCUT2D eigenvalue weighted by atomic mass is 35.5. The van der Waals surface area contributed by atoms with E-state index in [-0.39, 0.29) is 17.0 Å². The molecule has 3 aromatic carbocycles. The van der Waals surface area contributed by atoms with Gasteiger partial charge in [-0.15, -0.1) is 0 Å². The molecule has 0 saturated heterocycles. The molecule has 0 bridgehead atoms. The van der Waals surface area contributed by atoms with E-state index in [1.165, 1.54) is 55.6 Å². The fourth-order valence-electron chi connectivity index (χ4n) is 3.27. The molecule has 8 heteroatoms. The number of methoxy groups -OCH3 is 1. The number of nitrogens with zero attached hydrogens (tertiary/aromatic N) is 1. The molecule has 0 aliphatic carbocycles. The van der Waals surface area contributed by atoms with Crippen molar-refractivity contribution in [1.82, 2.24) is 0 Å². The van der Waals surface area contributed by atoms with Crippen molar-refractivity contribution in [1.29, 1.82) is 0 Å². The summed E-state index contributed by atoms with van der Waals surface area (Å²) >= 11 is 6.17. The Kier molecular flexibility index (Phi) is 5.44. The van der Waals surface area contributed by atoms with Gasteiger partial charge in [-0.05, 0) is 54.1 Å². The summed E-state index contributed by atoms with van der Waals surface area (Å²) in [7, 11) is 1.47. The van der Waals surface area contributed by atoms with Gasteiger partial charge in [-0.2, -0.15) is 0 Å². The molecule has 0 unspecified atom stereocenters. The lowest BCUT2D eigenvalue weighted by molar-refractivity contribution is -0.120. The Hall–Kier alpha value is -3.71. The lowest BCUT2D eigenvalue weighted by Gasteiger charge is -2.15. The van der Waals surface area contributed by atoms with Gasteiger partial charge in [0.25, 0.3) is 11.8 Å². The zero-order chi connectivity index (χ0) is 22.1. The highest BCUT2D eigenvalue weighted by Crippen LogP contribution is 2.35. The minimum Gasteiger partial charge on any atom is -0.495 e. The summed E-state index contributed by atoms with van der Waals surface area (Å²) in [6.07, 6.45) is 0. The molecular weight excluding hydrogens is 426 g/mol. The molecule has 1 aliphatic rings. The normalized spacial score (nSPS) is 13.7. The van der Waals surface area contributed by atoms with Gasteiger partial charge in [0.2, 0.25) is 0 Å². The number of nitrogens with one attached hydrogen (secondary N) is 1. The van der Waals surface area contributed by atoms with Gasteiger partial charge < -0.3 is 10.1 Å². The van der Waals surface area contributed by atoms with E-state index in [9.17, 15) is 18.4 Å². The number of rotatable bonds is 5. The van der Waals surface area contributed by atoms with Crippen molar-refractivity contribution in [3.8, 4) is 5.75 Å². The van der Waals surface area contributed by atoms with Crippen molar-refractivity contribution in [3.05, 3.63) is 94.6 Å². The number of ether oxygens (including phenoxy) is 1. The predicted octanol–water partition coefficient (Wildman–Crippen LogP) is 5.02. The first kappa shape index (κ1) is 20.6. The van der Waals surface area contributed by atoms with Gasteiger partial charge in [0.05, 0.1) is 23.4 Å². The van der Waals surface area contributed by atoms with Gasteiger partial charge in [0, 0.05) is 5.69 Å². The molecule has 156 valence electrons. The molecule has 5 nitrogen and oxygen atoms in total. The van der Waals surface area contributed by atoms with E-state index < -0.39 is 23.4 Å². The van der Waals surface area contributed by atoms with E-state index in [0.29, 0.717) is 22.0 Å². The Bertz CT molecular complexity index is 1230. The quantitative estimate of drug-likeness (QED) is 0.566. The van der Waals surface area contributed by atoms with Gasteiger partial charge in [0.1, 0.15) is 23.1 Å². The predicted molar refractivity (Wildman–Crippen MR) is 114 cm³/mol. The fraction of sp³-hybridized carbons (Fsp3) is 0.0435.